The zero-order valence-electron chi connectivity index (χ0n) is 12.9. The Morgan fingerprint density at radius 3 is 2.86 bits per heavy atom. The number of para-hydroxylation sites is 1. The molecule has 1 fully saturated rings. The molecule has 2 rings (SSSR count). The van der Waals surface area contributed by atoms with Crippen molar-refractivity contribution in [2.45, 2.75) is 25.8 Å². The number of nitrogens with one attached hydrogen (secondary N) is 2. The summed E-state index contributed by atoms with van der Waals surface area (Å²) in [5.74, 6) is -0.243. The zero-order valence-corrected chi connectivity index (χ0v) is 12.9. The van der Waals surface area contributed by atoms with Crippen LogP contribution in [0.2, 0.25) is 0 Å². The molecule has 4 nitrogen and oxygen atoms in total. The van der Waals surface area contributed by atoms with Gasteiger partial charge in [0.05, 0.1) is 11.6 Å². The number of nitrogens with zero attached hydrogens (tertiary/aromatic N) is 1. The van der Waals surface area contributed by atoms with Crippen molar-refractivity contribution in [3.8, 4) is 0 Å². The van der Waals surface area contributed by atoms with E-state index in [4.69, 9.17) is 0 Å². The molecule has 21 heavy (non-hydrogen) atoms. The van der Waals surface area contributed by atoms with Gasteiger partial charge in [0.1, 0.15) is 5.82 Å². The summed E-state index contributed by atoms with van der Waals surface area (Å²) < 4.78 is 14.4. The molecular formula is C16H24FN3O. The predicted octanol–water partition coefficient (Wildman–Crippen LogP) is 2.07. The summed E-state index contributed by atoms with van der Waals surface area (Å²) in [5, 5.41) is 5.86. The fourth-order valence-electron chi connectivity index (χ4n) is 2.97. The number of hydrogen-bond donors (Lipinski definition) is 2. The van der Waals surface area contributed by atoms with Crippen molar-refractivity contribution < 1.29 is 9.18 Å². The molecule has 1 aliphatic rings. The third-order valence-corrected chi connectivity index (χ3v) is 4.27. The Balaban J connectivity index is 2.30. The second kappa shape index (κ2) is 6.89. The molecule has 1 saturated heterocycles. The van der Waals surface area contributed by atoms with Gasteiger partial charge in [-0.25, -0.2) is 4.39 Å². The largest absolute Gasteiger partial charge is 0.368 e. The molecule has 0 aliphatic carbocycles. The lowest BCUT2D eigenvalue weighted by Gasteiger charge is -2.35. The van der Waals surface area contributed by atoms with Gasteiger partial charge >= 0.3 is 0 Å². The van der Waals surface area contributed by atoms with E-state index in [1.54, 1.807) is 13.1 Å². The van der Waals surface area contributed by atoms with Gasteiger partial charge in [-0.1, -0.05) is 12.1 Å². The van der Waals surface area contributed by atoms with E-state index in [2.05, 4.69) is 10.6 Å². The maximum absolute atomic E-state index is 14.4. The average molecular weight is 293 g/mol. The Labute approximate surface area is 125 Å². The number of piperidine rings is 1. The molecule has 1 heterocycles. The van der Waals surface area contributed by atoms with Gasteiger partial charge in [-0.05, 0) is 38.4 Å². The van der Waals surface area contributed by atoms with Crippen molar-refractivity contribution in [2.24, 2.45) is 5.92 Å². The molecule has 1 aromatic rings. The van der Waals surface area contributed by atoms with E-state index in [1.165, 1.54) is 6.07 Å². The van der Waals surface area contributed by atoms with Crippen molar-refractivity contribution in [2.75, 3.05) is 32.1 Å². The first-order chi connectivity index (χ1) is 10.1. The Morgan fingerprint density at radius 1 is 1.43 bits per heavy atom. The number of rotatable bonds is 4. The van der Waals surface area contributed by atoms with Crippen LogP contribution < -0.4 is 15.5 Å². The Morgan fingerprint density at radius 2 is 2.19 bits per heavy atom. The third-order valence-electron chi connectivity index (χ3n) is 4.27. The van der Waals surface area contributed by atoms with E-state index < -0.39 is 0 Å². The van der Waals surface area contributed by atoms with Gasteiger partial charge in [-0.15, -0.1) is 0 Å². The van der Waals surface area contributed by atoms with Gasteiger partial charge < -0.3 is 15.5 Å². The van der Waals surface area contributed by atoms with Crippen molar-refractivity contribution >= 4 is 11.6 Å². The molecule has 0 radical (unpaired) electrons. The molecule has 5 heteroatoms. The second-order valence-electron chi connectivity index (χ2n) is 5.59. The lowest BCUT2D eigenvalue weighted by atomic mass is 9.95. The number of halogens is 1. The molecule has 1 aliphatic heterocycles. The number of amides is 1. The third kappa shape index (κ3) is 3.35. The minimum absolute atomic E-state index is 0.0410. The minimum Gasteiger partial charge on any atom is -0.368 e. The smallest absolute Gasteiger partial charge is 0.224 e. The summed E-state index contributed by atoms with van der Waals surface area (Å²) >= 11 is 0. The zero-order chi connectivity index (χ0) is 15.4. The second-order valence-corrected chi connectivity index (χ2v) is 5.59. The van der Waals surface area contributed by atoms with Crippen LogP contribution in [0.3, 0.4) is 0 Å². The van der Waals surface area contributed by atoms with E-state index in [0.29, 0.717) is 12.2 Å². The highest BCUT2D eigenvalue weighted by Gasteiger charge is 2.28. The quantitative estimate of drug-likeness (QED) is 0.893. The Hall–Kier alpha value is -1.62. The van der Waals surface area contributed by atoms with Crippen LogP contribution in [-0.4, -0.2) is 33.1 Å². The van der Waals surface area contributed by atoms with Crippen LogP contribution in [0.15, 0.2) is 18.2 Å². The molecule has 0 bridgehead atoms. The first-order valence-corrected chi connectivity index (χ1v) is 7.50. The maximum atomic E-state index is 14.4. The molecule has 0 aromatic heterocycles. The van der Waals surface area contributed by atoms with E-state index in [1.807, 2.05) is 24.9 Å². The van der Waals surface area contributed by atoms with E-state index in [-0.39, 0.29) is 23.7 Å². The predicted molar refractivity (Wildman–Crippen MR) is 82.9 cm³/mol. The number of carbonyl (C=O) groups excluding carboxylic acids is 1. The molecule has 1 amide bonds. The highest BCUT2D eigenvalue weighted by atomic mass is 19.1. The van der Waals surface area contributed by atoms with E-state index >= 15 is 0 Å². The van der Waals surface area contributed by atoms with Crippen molar-refractivity contribution in [1.29, 1.82) is 0 Å². The topological polar surface area (TPSA) is 44.4 Å². The van der Waals surface area contributed by atoms with Crippen LogP contribution in [0.4, 0.5) is 10.1 Å². The van der Waals surface area contributed by atoms with Crippen LogP contribution in [0.1, 0.15) is 31.4 Å². The lowest BCUT2D eigenvalue weighted by Crippen LogP contribution is -2.43. The summed E-state index contributed by atoms with van der Waals surface area (Å²) in [7, 11) is 3.52. The van der Waals surface area contributed by atoms with Crippen LogP contribution in [0.25, 0.3) is 0 Å². The van der Waals surface area contributed by atoms with Gasteiger partial charge in [0, 0.05) is 26.2 Å². The van der Waals surface area contributed by atoms with Gasteiger partial charge in [0.2, 0.25) is 5.91 Å². The van der Waals surface area contributed by atoms with Crippen LogP contribution in [0.5, 0.6) is 0 Å². The van der Waals surface area contributed by atoms with E-state index in [0.717, 1.165) is 24.9 Å². The highest BCUT2D eigenvalue weighted by molar-refractivity contribution is 5.79. The van der Waals surface area contributed by atoms with E-state index in [9.17, 15) is 9.18 Å². The summed E-state index contributed by atoms with van der Waals surface area (Å²) in [4.78, 5) is 13.9. The molecule has 116 valence electrons. The van der Waals surface area contributed by atoms with Crippen molar-refractivity contribution in [3.05, 3.63) is 29.6 Å². The molecule has 2 N–H and O–H groups in total. The normalized spacial score (nSPS) is 20.2. The Bertz CT molecular complexity index is 506. The fraction of sp³-hybridized carbons (Fsp3) is 0.562. The summed E-state index contributed by atoms with van der Waals surface area (Å²) in [5.41, 5.74) is 1.57. The summed E-state index contributed by atoms with van der Waals surface area (Å²) in [6, 6.07) is 5.24. The highest BCUT2D eigenvalue weighted by Crippen LogP contribution is 2.32. The number of benzene rings is 1. The van der Waals surface area contributed by atoms with Crippen LogP contribution >= 0.6 is 0 Å². The maximum Gasteiger partial charge on any atom is 0.224 e. The van der Waals surface area contributed by atoms with Gasteiger partial charge in [-0.2, -0.15) is 0 Å². The summed E-state index contributed by atoms with van der Waals surface area (Å²) in [6.07, 6.45) is 1.77. The van der Waals surface area contributed by atoms with Crippen LogP contribution in [0, 0.1) is 11.7 Å². The minimum atomic E-state index is -0.216. The molecule has 2 unspecified atom stereocenters. The van der Waals surface area contributed by atoms with Gasteiger partial charge in [0.25, 0.3) is 0 Å². The monoisotopic (exact) mass is 293 g/mol. The summed E-state index contributed by atoms with van der Waals surface area (Å²) in [6.45, 7) is 3.38. The first-order valence-electron chi connectivity index (χ1n) is 7.50. The molecular weight excluding hydrogens is 269 g/mol. The molecule has 2 atom stereocenters. The van der Waals surface area contributed by atoms with Gasteiger partial charge in [-0.3, -0.25) is 4.79 Å². The first kappa shape index (κ1) is 15.8. The average Bonchev–Trinajstić information content (AvgIpc) is 2.53. The fourth-order valence-corrected chi connectivity index (χ4v) is 2.97. The van der Waals surface area contributed by atoms with Gasteiger partial charge in [0.15, 0.2) is 0 Å². The molecule has 0 saturated carbocycles. The molecule has 1 aromatic carbocycles. The number of carbonyl (C=O) groups is 1. The van der Waals surface area contributed by atoms with Crippen molar-refractivity contribution in [1.82, 2.24) is 10.6 Å². The Kier molecular flexibility index (Phi) is 5.17. The molecule has 0 spiro atoms. The van der Waals surface area contributed by atoms with Crippen molar-refractivity contribution in [3.63, 3.8) is 0 Å². The number of anilines is 1. The SMILES string of the molecule is CNC(=O)C1CCCN(c2c(F)cccc2C(C)NC)C1. The lowest BCUT2D eigenvalue weighted by molar-refractivity contribution is -0.124. The number of hydrogen-bond acceptors (Lipinski definition) is 3. The standard InChI is InChI=1S/C16H24FN3O/c1-11(18-2)13-7-4-8-14(17)15(13)20-9-5-6-12(10-20)16(21)19-3/h4,7-8,11-12,18H,5-6,9-10H2,1-3H3,(H,19,21). The van der Waals surface area contributed by atoms with Crippen LogP contribution in [-0.2, 0) is 4.79 Å².